The van der Waals surface area contributed by atoms with E-state index in [-0.39, 0.29) is 11.3 Å². The topological polar surface area (TPSA) is 70.1 Å². The van der Waals surface area contributed by atoms with Crippen molar-refractivity contribution in [1.29, 1.82) is 0 Å². The Morgan fingerprint density at radius 3 is 2.26 bits per heavy atom. The van der Waals surface area contributed by atoms with Crippen molar-refractivity contribution in [3.8, 4) is 5.75 Å². The average Bonchev–Trinajstić information content (AvgIpc) is 3.07. The zero-order valence-electron chi connectivity index (χ0n) is 20.9. The second kappa shape index (κ2) is 11.3. The summed E-state index contributed by atoms with van der Waals surface area (Å²) in [5, 5.41) is 11.2. The fraction of sp³-hybridized carbons (Fsp3) is 0.429. The van der Waals surface area contributed by atoms with Crippen LogP contribution in [0.4, 0.5) is 0 Å². The lowest BCUT2D eigenvalue weighted by Crippen LogP contribution is -2.32. The van der Waals surface area contributed by atoms with E-state index >= 15 is 0 Å². The fourth-order valence-corrected chi connectivity index (χ4v) is 4.16. The molecule has 2 aromatic carbocycles. The quantitative estimate of drug-likeness (QED) is 0.305. The van der Waals surface area contributed by atoms with Crippen LogP contribution in [0.1, 0.15) is 62.3 Å². The largest absolute Gasteiger partial charge is 0.507 e. The molecule has 2 aromatic rings. The van der Waals surface area contributed by atoms with Gasteiger partial charge in [-0.3, -0.25) is 9.59 Å². The number of hydrogen-bond acceptors (Lipinski definition) is 5. The van der Waals surface area contributed by atoms with Crippen LogP contribution in [0.25, 0.3) is 5.76 Å². The summed E-state index contributed by atoms with van der Waals surface area (Å²) in [7, 11) is 3.95. The van der Waals surface area contributed by atoms with E-state index in [1.54, 1.807) is 29.2 Å². The van der Waals surface area contributed by atoms with Crippen molar-refractivity contribution in [2.45, 2.75) is 45.6 Å². The summed E-state index contributed by atoms with van der Waals surface area (Å²) in [6.45, 7) is 8.11. The molecule has 1 N–H and O–H groups in total. The zero-order chi connectivity index (χ0) is 24.8. The molecule has 6 heteroatoms. The molecule has 0 bridgehead atoms. The average molecular weight is 465 g/mol. The maximum absolute atomic E-state index is 13.2. The number of carbonyl (C=O) groups excluding carboxylic acids is 2. The van der Waals surface area contributed by atoms with Crippen molar-refractivity contribution in [1.82, 2.24) is 9.80 Å². The molecule has 3 rings (SSSR count). The third kappa shape index (κ3) is 5.68. The summed E-state index contributed by atoms with van der Waals surface area (Å²) >= 11 is 0. The number of aliphatic hydroxyl groups is 1. The molecule has 1 aliphatic heterocycles. The van der Waals surface area contributed by atoms with Gasteiger partial charge in [0.1, 0.15) is 11.5 Å². The minimum Gasteiger partial charge on any atom is -0.507 e. The Morgan fingerprint density at radius 1 is 1.06 bits per heavy atom. The van der Waals surface area contributed by atoms with Crippen molar-refractivity contribution >= 4 is 17.4 Å². The van der Waals surface area contributed by atoms with Gasteiger partial charge in [0.15, 0.2) is 0 Å². The lowest BCUT2D eigenvalue weighted by Gasteiger charge is -2.26. The van der Waals surface area contributed by atoms with Gasteiger partial charge in [-0.15, -0.1) is 0 Å². The van der Waals surface area contributed by atoms with Crippen molar-refractivity contribution in [3.05, 3.63) is 70.8 Å². The predicted octanol–water partition coefficient (Wildman–Crippen LogP) is 4.97. The number of carbonyl (C=O) groups is 2. The highest BCUT2D eigenvalue weighted by atomic mass is 16.5. The van der Waals surface area contributed by atoms with Crippen LogP contribution in [0.15, 0.2) is 54.1 Å². The Balaban J connectivity index is 2.02. The highest BCUT2D eigenvalue weighted by Crippen LogP contribution is 2.40. The molecular weight excluding hydrogens is 428 g/mol. The van der Waals surface area contributed by atoms with E-state index in [1.165, 1.54) is 5.56 Å². The van der Waals surface area contributed by atoms with Crippen LogP contribution in [0.5, 0.6) is 5.75 Å². The molecule has 1 amide bonds. The smallest absolute Gasteiger partial charge is 0.295 e. The summed E-state index contributed by atoms with van der Waals surface area (Å²) in [6.07, 6.45) is 1.62. The molecule has 1 unspecified atom stereocenters. The van der Waals surface area contributed by atoms with E-state index in [4.69, 9.17) is 4.74 Å². The molecule has 34 heavy (non-hydrogen) atoms. The monoisotopic (exact) mass is 464 g/mol. The number of nitrogens with zero attached hydrogens (tertiary/aromatic N) is 2. The van der Waals surface area contributed by atoms with Gasteiger partial charge < -0.3 is 19.6 Å². The van der Waals surface area contributed by atoms with Crippen LogP contribution in [0.2, 0.25) is 0 Å². The SMILES string of the molecule is CCCOc1ccc(C(O)=C2C(=O)C(=O)N(CCCN(C)C)C2c2ccc(C(C)C)cc2)cc1. The molecule has 6 nitrogen and oxygen atoms in total. The molecule has 1 fully saturated rings. The van der Waals surface area contributed by atoms with E-state index in [0.717, 1.165) is 24.9 Å². The molecule has 0 aliphatic carbocycles. The van der Waals surface area contributed by atoms with E-state index in [1.807, 2.05) is 50.2 Å². The Kier molecular flexibility index (Phi) is 8.51. The van der Waals surface area contributed by atoms with Crippen LogP contribution in [-0.2, 0) is 9.59 Å². The molecule has 1 aliphatic rings. The first-order valence-electron chi connectivity index (χ1n) is 12.0. The second-order valence-electron chi connectivity index (χ2n) is 9.34. The zero-order valence-corrected chi connectivity index (χ0v) is 20.9. The van der Waals surface area contributed by atoms with Crippen molar-refractivity contribution < 1.29 is 19.4 Å². The molecule has 1 saturated heterocycles. The Labute approximate surface area is 202 Å². The van der Waals surface area contributed by atoms with Gasteiger partial charge in [0, 0.05) is 12.1 Å². The lowest BCUT2D eigenvalue weighted by atomic mass is 9.93. The van der Waals surface area contributed by atoms with Gasteiger partial charge in [-0.1, -0.05) is 45.0 Å². The summed E-state index contributed by atoms with van der Waals surface area (Å²) in [5.74, 6) is -0.307. The third-order valence-corrected chi connectivity index (χ3v) is 6.06. The lowest BCUT2D eigenvalue weighted by molar-refractivity contribution is -0.139. The first kappa shape index (κ1) is 25.5. The third-order valence-electron chi connectivity index (χ3n) is 6.06. The summed E-state index contributed by atoms with van der Waals surface area (Å²) in [6, 6.07) is 14.3. The number of benzene rings is 2. The van der Waals surface area contributed by atoms with Crippen LogP contribution in [0, 0.1) is 0 Å². The maximum atomic E-state index is 13.2. The fourth-order valence-electron chi connectivity index (χ4n) is 4.16. The van der Waals surface area contributed by atoms with Crippen molar-refractivity contribution in [2.24, 2.45) is 0 Å². The van der Waals surface area contributed by atoms with E-state index in [9.17, 15) is 14.7 Å². The van der Waals surface area contributed by atoms with Gasteiger partial charge in [0.2, 0.25) is 0 Å². The van der Waals surface area contributed by atoms with Crippen molar-refractivity contribution in [2.75, 3.05) is 33.8 Å². The minimum absolute atomic E-state index is 0.134. The first-order chi connectivity index (χ1) is 16.2. The molecule has 1 atom stereocenters. The number of hydrogen-bond donors (Lipinski definition) is 1. The Morgan fingerprint density at radius 2 is 1.71 bits per heavy atom. The van der Waals surface area contributed by atoms with E-state index in [2.05, 4.69) is 13.8 Å². The normalized spacial score (nSPS) is 17.7. The summed E-state index contributed by atoms with van der Waals surface area (Å²) < 4.78 is 5.62. The van der Waals surface area contributed by atoms with E-state index < -0.39 is 17.7 Å². The van der Waals surface area contributed by atoms with Crippen LogP contribution < -0.4 is 4.74 Å². The molecular formula is C28H36N2O4. The van der Waals surface area contributed by atoms with Crippen LogP contribution >= 0.6 is 0 Å². The number of ketones is 1. The highest BCUT2D eigenvalue weighted by Gasteiger charge is 2.45. The molecule has 0 spiro atoms. The number of ether oxygens (including phenoxy) is 1. The van der Waals surface area contributed by atoms with Gasteiger partial charge in [-0.05, 0) is 74.8 Å². The summed E-state index contributed by atoms with van der Waals surface area (Å²) in [4.78, 5) is 29.9. The van der Waals surface area contributed by atoms with Crippen molar-refractivity contribution in [3.63, 3.8) is 0 Å². The Bertz CT molecular complexity index is 1020. The number of rotatable bonds is 10. The molecule has 0 aromatic heterocycles. The standard InChI is InChI=1S/C28H36N2O4/c1-6-18-34-23-14-12-22(13-15-23)26(31)24-25(21-10-8-20(9-11-21)19(2)3)30(28(33)27(24)32)17-7-16-29(4)5/h8-15,19,25,31H,6-7,16-18H2,1-5H3. The molecule has 182 valence electrons. The number of amides is 1. The number of aliphatic hydroxyl groups excluding tert-OH is 1. The highest BCUT2D eigenvalue weighted by molar-refractivity contribution is 6.46. The predicted molar refractivity (Wildman–Crippen MR) is 135 cm³/mol. The van der Waals surface area contributed by atoms with E-state index in [0.29, 0.717) is 30.4 Å². The van der Waals surface area contributed by atoms with Gasteiger partial charge in [-0.25, -0.2) is 0 Å². The number of Topliss-reactive ketones (excluding diaryl/α,β-unsaturated/α-hetero) is 1. The first-order valence-corrected chi connectivity index (χ1v) is 12.0. The van der Waals surface area contributed by atoms with Gasteiger partial charge in [0.25, 0.3) is 11.7 Å². The molecule has 0 saturated carbocycles. The molecule has 1 heterocycles. The summed E-state index contributed by atoms with van der Waals surface area (Å²) in [5.41, 5.74) is 2.61. The second-order valence-corrected chi connectivity index (χ2v) is 9.34. The van der Waals surface area contributed by atoms with Gasteiger partial charge >= 0.3 is 0 Å². The molecule has 0 radical (unpaired) electrons. The van der Waals surface area contributed by atoms with Crippen LogP contribution in [-0.4, -0.2) is 60.4 Å². The maximum Gasteiger partial charge on any atom is 0.295 e. The van der Waals surface area contributed by atoms with Crippen LogP contribution in [0.3, 0.4) is 0 Å². The Hall–Kier alpha value is -3.12. The van der Waals surface area contributed by atoms with Gasteiger partial charge in [-0.2, -0.15) is 0 Å². The number of likely N-dealkylation sites (tertiary alicyclic amines) is 1. The minimum atomic E-state index is -0.647. The van der Waals surface area contributed by atoms with Gasteiger partial charge in [0.05, 0.1) is 18.2 Å².